The first kappa shape index (κ1) is 20.7. The lowest BCUT2D eigenvalue weighted by Gasteiger charge is -2.09. The summed E-state index contributed by atoms with van der Waals surface area (Å²) in [7, 11) is 0. The summed E-state index contributed by atoms with van der Waals surface area (Å²) >= 11 is 0. The summed E-state index contributed by atoms with van der Waals surface area (Å²) in [6.45, 7) is 1.61. The largest absolute Gasteiger partial charge is 0.355 e. The molecule has 0 aromatic rings. The first-order valence-electron chi connectivity index (χ1n) is 4.42. The van der Waals surface area contributed by atoms with E-state index in [1.165, 1.54) is 0 Å². The molecule has 0 aliphatic heterocycles. The van der Waals surface area contributed by atoms with E-state index in [0.29, 0.717) is 19.4 Å². The van der Waals surface area contributed by atoms with Crippen molar-refractivity contribution in [1.29, 1.82) is 0 Å². The average Bonchev–Trinajstić information content (AvgIpc) is 2.11. The van der Waals surface area contributed by atoms with Gasteiger partial charge in [-0.25, -0.2) is 4.39 Å². The van der Waals surface area contributed by atoms with Crippen molar-refractivity contribution < 1.29 is 9.18 Å². The molecule has 0 aromatic heterocycles. The molecule has 2 unspecified atom stereocenters. The number of halogens is 3. The van der Waals surface area contributed by atoms with Crippen LogP contribution in [0.15, 0.2) is 0 Å². The third-order valence-electron chi connectivity index (χ3n) is 1.66. The maximum absolute atomic E-state index is 11.9. The van der Waals surface area contributed by atoms with Gasteiger partial charge in [0.25, 0.3) is 0 Å². The van der Waals surface area contributed by atoms with E-state index in [1.54, 1.807) is 6.92 Å². The van der Waals surface area contributed by atoms with E-state index in [-0.39, 0.29) is 39.9 Å². The fraction of sp³-hybridized carbons (Fsp3) is 0.875. The van der Waals surface area contributed by atoms with Crippen LogP contribution in [0.25, 0.3) is 0 Å². The third-order valence-corrected chi connectivity index (χ3v) is 1.66. The summed E-state index contributed by atoms with van der Waals surface area (Å²) in [5.41, 5.74) is 10.6. The van der Waals surface area contributed by atoms with Crippen LogP contribution in [0.2, 0.25) is 0 Å². The minimum absolute atomic E-state index is 0. The topological polar surface area (TPSA) is 81.1 Å². The fourth-order valence-corrected chi connectivity index (χ4v) is 0.814. The molecular weight excluding hydrogens is 333 g/mol. The van der Waals surface area contributed by atoms with E-state index >= 15 is 0 Å². The third kappa shape index (κ3) is 12.2. The van der Waals surface area contributed by atoms with Crippen molar-refractivity contribution >= 4 is 39.9 Å². The average molecular weight is 353 g/mol. The number of carbonyl (C=O) groups is 1. The molecular formula is C8H20Br2FN3O. The monoisotopic (exact) mass is 351 g/mol. The van der Waals surface area contributed by atoms with Crippen LogP contribution in [0, 0.1) is 0 Å². The molecule has 5 N–H and O–H groups in total. The summed E-state index contributed by atoms with van der Waals surface area (Å²) in [6, 6.07) is -0.901. The molecule has 1 amide bonds. The predicted molar refractivity (Wildman–Crippen MR) is 70.5 cm³/mol. The SMILES string of the molecule is Br.Br.CC(N)C(=O)NCCCC(N)CF. The van der Waals surface area contributed by atoms with Crippen molar-refractivity contribution in [1.82, 2.24) is 5.32 Å². The summed E-state index contributed by atoms with van der Waals surface area (Å²) in [4.78, 5) is 10.9. The Morgan fingerprint density at radius 2 is 1.93 bits per heavy atom. The Hall–Kier alpha value is 0.280. The maximum Gasteiger partial charge on any atom is 0.236 e. The fourth-order valence-electron chi connectivity index (χ4n) is 0.814. The van der Waals surface area contributed by atoms with Crippen LogP contribution in [-0.2, 0) is 4.79 Å². The second-order valence-corrected chi connectivity index (χ2v) is 3.14. The molecule has 0 saturated carbocycles. The lowest BCUT2D eigenvalue weighted by atomic mass is 10.2. The first-order valence-corrected chi connectivity index (χ1v) is 4.42. The summed E-state index contributed by atoms with van der Waals surface area (Å²) < 4.78 is 11.9. The van der Waals surface area contributed by atoms with Gasteiger partial charge in [0.1, 0.15) is 6.67 Å². The van der Waals surface area contributed by atoms with Gasteiger partial charge in [-0.1, -0.05) is 0 Å². The number of amides is 1. The summed E-state index contributed by atoms with van der Waals surface area (Å²) in [6.07, 6.45) is 1.26. The van der Waals surface area contributed by atoms with Crippen molar-refractivity contribution in [3.8, 4) is 0 Å². The van der Waals surface area contributed by atoms with Crippen LogP contribution < -0.4 is 16.8 Å². The van der Waals surface area contributed by atoms with E-state index in [1.807, 2.05) is 0 Å². The van der Waals surface area contributed by atoms with Gasteiger partial charge in [-0.05, 0) is 19.8 Å². The molecule has 0 spiro atoms. The number of alkyl halides is 1. The highest BCUT2D eigenvalue weighted by Crippen LogP contribution is 1.93. The Bertz CT molecular complexity index is 161. The van der Waals surface area contributed by atoms with Crippen LogP contribution in [-0.4, -0.2) is 31.2 Å². The standard InChI is InChI=1S/C8H18FN3O.2BrH/c1-6(10)8(13)12-4-2-3-7(11)5-9;;/h6-7H,2-5,10-11H2,1H3,(H,12,13);2*1H. The zero-order chi connectivity index (χ0) is 10.3. The first-order chi connectivity index (χ1) is 6.07. The Morgan fingerprint density at radius 1 is 1.40 bits per heavy atom. The van der Waals surface area contributed by atoms with Gasteiger partial charge in [0.15, 0.2) is 0 Å². The van der Waals surface area contributed by atoms with Crippen LogP contribution in [0.1, 0.15) is 19.8 Å². The molecule has 7 heteroatoms. The van der Waals surface area contributed by atoms with Gasteiger partial charge < -0.3 is 16.8 Å². The van der Waals surface area contributed by atoms with Gasteiger partial charge >= 0.3 is 0 Å². The number of rotatable bonds is 6. The normalized spacial score (nSPS) is 13.1. The van der Waals surface area contributed by atoms with E-state index in [9.17, 15) is 9.18 Å². The molecule has 0 heterocycles. The molecule has 4 nitrogen and oxygen atoms in total. The molecule has 0 bridgehead atoms. The van der Waals surface area contributed by atoms with Crippen LogP contribution in [0.5, 0.6) is 0 Å². The molecule has 0 saturated heterocycles. The molecule has 0 aromatic carbocycles. The van der Waals surface area contributed by atoms with Crippen molar-refractivity contribution in [2.45, 2.75) is 31.8 Å². The highest BCUT2D eigenvalue weighted by molar-refractivity contribution is 8.93. The minimum atomic E-state index is -0.513. The molecule has 0 aliphatic rings. The predicted octanol–water partition coefficient (Wildman–Crippen LogP) is 0.683. The Morgan fingerprint density at radius 3 is 2.33 bits per heavy atom. The van der Waals surface area contributed by atoms with Gasteiger partial charge in [-0.2, -0.15) is 0 Å². The molecule has 0 aliphatic carbocycles. The number of nitrogens with one attached hydrogen (secondary N) is 1. The van der Waals surface area contributed by atoms with Crippen molar-refractivity contribution in [3.63, 3.8) is 0 Å². The zero-order valence-corrected chi connectivity index (χ0v) is 12.2. The van der Waals surface area contributed by atoms with Crippen molar-refractivity contribution in [2.75, 3.05) is 13.2 Å². The lowest BCUT2D eigenvalue weighted by molar-refractivity contribution is -0.121. The van der Waals surface area contributed by atoms with Crippen molar-refractivity contribution in [2.24, 2.45) is 11.5 Å². The van der Waals surface area contributed by atoms with Crippen LogP contribution in [0.3, 0.4) is 0 Å². The molecule has 15 heavy (non-hydrogen) atoms. The number of hydrogen-bond donors (Lipinski definition) is 3. The van der Waals surface area contributed by atoms with Gasteiger partial charge in [-0.15, -0.1) is 34.0 Å². The molecule has 0 radical (unpaired) electrons. The van der Waals surface area contributed by atoms with E-state index < -0.39 is 18.8 Å². The van der Waals surface area contributed by atoms with Gasteiger partial charge in [-0.3, -0.25) is 4.79 Å². The van der Waals surface area contributed by atoms with Crippen LogP contribution >= 0.6 is 34.0 Å². The number of nitrogens with two attached hydrogens (primary N) is 2. The molecule has 2 atom stereocenters. The van der Waals surface area contributed by atoms with E-state index in [0.717, 1.165) is 0 Å². The zero-order valence-electron chi connectivity index (χ0n) is 8.74. The van der Waals surface area contributed by atoms with E-state index in [4.69, 9.17) is 11.5 Å². The molecule has 94 valence electrons. The van der Waals surface area contributed by atoms with E-state index in [2.05, 4.69) is 5.32 Å². The lowest BCUT2D eigenvalue weighted by Crippen LogP contribution is -2.39. The summed E-state index contributed by atoms with van der Waals surface area (Å²) in [5, 5.41) is 2.62. The van der Waals surface area contributed by atoms with Crippen molar-refractivity contribution in [3.05, 3.63) is 0 Å². The second kappa shape index (κ2) is 12.4. The minimum Gasteiger partial charge on any atom is -0.355 e. The quantitative estimate of drug-likeness (QED) is 0.615. The highest BCUT2D eigenvalue weighted by Gasteiger charge is 2.06. The number of carbonyl (C=O) groups excluding carboxylic acids is 1. The smallest absolute Gasteiger partial charge is 0.236 e. The Kier molecular flexibility index (Phi) is 17.0. The Labute approximate surface area is 111 Å². The van der Waals surface area contributed by atoms with Gasteiger partial charge in [0.2, 0.25) is 5.91 Å². The number of hydrogen-bond acceptors (Lipinski definition) is 3. The second-order valence-electron chi connectivity index (χ2n) is 3.14. The Balaban J connectivity index is -0.000000720. The van der Waals surface area contributed by atoms with Gasteiger partial charge in [0, 0.05) is 12.6 Å². The maximum atomic E-state index is 11.9. The summed E-state index contributed by atoms with van der Waals surface area (Å²) in [5.74, 6) is -0.186. The van der Waals surface area contributed by atoms with Crippen LogP contribution in [0.4, 0.5) is 4.39 Å². The van der Waals surface area contributed by atoms with Gasteiger partial charge in [0.05, 0.1) is 6.04 Å². The molecule has 0 rings (SSSR count). The highest BCUT2D eigenvalue weighted by atomic mass is 79.9. The molecule has 0 fully saturated rings.